The number of para-hydroxylation sites is 1. The van der Waals surface area contributed by atoms with Gasteiger partial charge in [0.1, 0.15) is 24.4 Å². The van der Waals surface area contributed by atoms with Gasteiger partial charge in [-0.3, -0.25) is 9.59 Å². The Morgan fingerprint density at radius 3 is 2.70 bits per heavy atom. The summed E-state index contributed by atoms with van der Waals surface area (Å²) in [5.74, 6) is -2.55. The first-order valence-electron chi connectivity index (χ1n) is 9.25. The van der Waals surface area contributed by atoms with Gasteiger partial charge in [-0.1, -0.05) is 36.4 Å². The third-order valence-corrected chi connectivity index (χ3v) is 5.19. The van der Waals surface area contributed by atoms with E-state index in [9.17, 15) is 22.8 Å². The van der Waals surface area contributed by atoms with Crippen LogP contribution in [0.5, 0.6) is 0 Å². The van der Waals surface area contributed by atoms with Gasteiger partial charge in [0, 0.05) is 18.9 Å². The second-order valence-electron chi connectivity index (χ2n) is 7.06. The van der Waals surface area contributed by atoms with Gasteiger partial charge in [0.15, 0.2) is 0 Å². The highest BCUT2D eigenvalue weighted by Gasteiger charge is 2.41. The lowest BCUT2D eigenvalue weighted by Gasteiger charge is -2.18. The molecule has 4 rings (SSSR count). The number of rotatable bonds is 5. The van der Waals surface area contributed by atoms with E-state index >= 15 is 0 Å². The van der Waals surface area contributed by atoms with Crippen molar-refractivity contribution in [3.8, 4) is 5.69 Å². The van der Waals surface area contributed by atoms with Gasteiger partial charge in [0.2, 0.25) is 5.91 Å². The van der Waals surface area contributed by atoms with E-state index in [1.807, 2.05) is 0 Å². The molecule has 2 atom stereocenters. The molecule has 0 aliphatic carbocycles. The number of aromatic nitrogens is 3. The molecule has 0 saturated carbocycles. The summed E-state index contributed by atoms with van der Waals surface area (Å²) in [5.41, 5.74) is 0.807. The maximum absolute atomic E-state index is 13.1. The zero-order valence-electron chi connectivity index (χ0n) is 15.6. The average Bonchev–Trinajstić information content (AvgIpc) is 3.38. The Kier molecular flexibility index (Phi) is 5.11. The minimum absolute atomic E-state index is 0.0520. The van der Waals surface area contributed by atoms with E-state index in [4.69, 9.17) is 0 Å². The molecular weight excluding hydrogens is 397 g/mol. The summed E-state index contributed by atoms with van der Waals surface area (Å²) in [5, 5.41) is 6.69. The predicted octanol–water partition coefficient (Wildman–Crippen LogP) is 2.93. The molecule has 1 aliphatic heterocycles. The molecular formula is C21H17F3N4O2. The van der Waals surface area contributed by atoms with Crippen LogP contribution in [-0.4, -0.2) is 33.0 Å². The second-order valence-corrected chi connectivity index (χ2v) is 7.06. The van der Waals surface area contributed by atoms with Crippen LogP contribution >= 0.6 is 0 Å². The van der Waals surface area contributed by atoms with Crippen molar-refractivity contribution in [3.63, 3.8) is 0 Å². The normalized spacial score (nSPS) is 19.0. The van der Waals surface area contributed by atoms with Crippen molar-refractivity contribution in [2.75, 3.05) is 6.54 Å². The lowest BCUT2D eigenvalue weighted by Crippen LogP contribution is -2.29. The Labute approximate surface area is 169 Å². The summed E-state index contributed by atoms with van der Waals surface area (Å²) < 4.78 is 40.8. The van der Waals surface area contributed by atoms with Crippen LogP contribution in [0.3, 0.4) is 0 Å². The summed E-state index contributed by atoms with van der Waals surface area (Å²) in [6.45, 7) is 0.112. The highest BCUT2D eigenvalue weighted by Crippen LogP contribution is 2.35. The molecule has 154 valence electrons. The summed E-state index contributed by atoms with van der Waals surface area (Å²) in [7, 11) is 0. The highest BCUT2D eigenvalue weighted by molar-refractivity contribution is 6.04. The fourth-order valence-corrected chi connectivity index (χ4v) is 3.76. The van der Waals surface area contributed by atoms with Crippen LogP contribution in [0.1, 0.15) is 22.6 Å². The number of alkyl halides is 3. The summed E-state index contributed by atoms with van der Waals surface area (Å²) in [6, 6.07) is 11.9. The molecule has 2 aromatic carbocycles. The first-order valence-corrected chi connectivity index (χ1v) is 9.25. The predicted molar refractivity (Wildman–Crippen MR) is 101 cm³/mol. The third kappa shape index (κ3) is 3.83. The summed E-state index contributed by atoms with van der Waals surface area (Å²) in [4.78, 5) is 29.4. The Morgan fingerprint density at radius 1 is 1.17 bits per heavy atom. The molecule has 0 unspecified atom stereocenters. The van der Waals surface area contributed by atoms with Gasteiger partial charge < -0.3 is 5.32 Å². The molecule has 9 heteroatoms. The number of benzene rings is 2. The number of hydrogen-bond donors (Lipinski definition) is 1. The van der Waals surface area contributed by atoms with Crippen molar-refractivity contribution in [1.82, 2.24) is 20.1 Å². The number of nitrogens with zero attached hydrogens (tertiary/aromatic N) is 3. The minimum atomic E-state index is -4.50. The van der Waals surface area contributed by atoms with Gasteiger partial charge in [-0.05, 0) is 23.3 Å². The molecule has 30 heavy (non-hydrogen) atoms. The van der Waals surface area contributed by atoms with Crippen LogP contribution in [0, 0.1) is 5.92 Å². The second kappa shape index (κ2) is 7.74. The van der Waals surface area contributed by atoms with E-state index < -0.39 is 29.5 Å². The maximum Gasteiger partial charge on any atom is 0.416 e. The Bertz CT molecular complexity index is 1080. The highest BCUT2D eigenvalue weighted by atomic mass is 19.4. The van der Waals surface area contributed by atoms with Crippen molar-refractivity contribution >= 4 is 11.7 Å². The largest absolute Gasteiger partial charge is 0.416 e. The molecule has 1 aromatic heterocycles. The quantitative estimate of drug-likeness (QED) is 0.652. The molecule has 2 heterocycles. The van der Waals surface area contributed by atoms with Crippen molar-refractivity contribution in [3.05, 3.63) is 77.9 Å². The molecule has 0 spiro atoms. The fraction of sp³-hybridized carbons (Fsp3) is 0.238. The minimum Gasteiger partial charge on any atom is -0.355 e. The van der Waals surface area contributed by atoms with Crippen molar-refractivity contribution in [2.45, 2.75) is 18.5 Å². The molecule has 1 saturated heterocycles. The van der Waals surface area contributed by atoms with Crippen molar-refractivity contribution in [1.29, 1.82) is 0 Å². The fourth-order valence-electron chi connectivity index (χ4n) is 3.76. The van der Waals surface area contributed by atoms with Crippen LogP contribution in [0.25, 0.3) is 5.69 Å². The molecule has 1 fully saturated rings. The molecule has 0 bridgehead atoms. The lowest BCUT2D eigenvalue weighted by atomic mass is 9.83. The number of nitrogens with one attached hydrogen (secondary N) is 1. The summed E-state index contributed by atoms with van der Waals surface area (Å²) in [6.07, 6.45) is -1.68. The first kappa shape index (κ1) is 19.8. The van der Waals surface area contributed by atoms with Gasteiger partial charge in [-0.25, -0.2) is 9.67 Å². The van der Waals surface area contributed by atoms with Crippen molar-refractivity contribution in [2.24, 2.45) is 5.92 Å². The smallest absolute Gasteiger partial charge is 0.355 e. The Hall–Kier alpha value is -3.49. The molecule has 6 nitrogen and oxygen atoms in total. The van der Waals surface area contributed by atoms with Crippen molar-refractivity contribution < 1.29 is 22.8 Å². The van der Waals surface area contributed by atoms with Gasteiger partial charge in [-0.2, -0.15) is 18.3 Å². The number of halogens is 3. The van der Waals surface area contributed by atoms with Crippen LogP contribution in [0.4, 0.5) is 13.2 Å². The monoisotopic (exact) mass is 414 g/mol. The SMILES string of the molecule is O=C(Cc1ccccc1-n1cncn1)[C@H]1C(=O)NC[C@@H]1c1cccc(C(F)(F)F)c1. The lowest BCUT2D eigenvalue weighted by molar-refractivity contribution is -0.137. The standard InChI is InChI=1S/C21H17F3N4O2/c22-21(23,24)15-6-3-5-13(8-15)16-10-26-20(30)19(16)18(29)9-14-4-1-2-7-17(14)28-12-25-11-27-28/h1-8,11-12,16,19H,9-10H2,(H,26,30)/t16-,19+/m1/s1. The molecule has 3 aromatic rings. The maximum atomic E-state index is 13.1. The molecule has 1 aliphatic rings. The van der Waals surface area contributed by atoms with Gasteiger partial charge in [-0.15, -0.1) is 0 Å². The molecule has 0 radical (unpaired) electrons. The van der Waals surface area contributed by atoms with E-state index in [1.54, 1.807) is 24.3 Å². The van der Waals surface area contributed by atoms with E-state index in [0.29, 0.717) is 16.8 Å². The number of carbonyl (C=O) groups excluding carboxylic acids is 2. The number of hydrogen-bond acceptors (Lipinski definition) is 4. The van der Waals surface area contributed by atoms with E-state index in [0.717, 1.165) is 12.1 Å². The van der Waals surface area contributed by atoms with Crippen LogP contribution < -0.4 is 5.32 Å². The first-order chi connectivity index (χ1) is 14.3. The van der Waals surface area contributed by atoms with E-state index in [-0.39, 0.29) is 18.7 Å². The molecule has 1 amide bonds. The van der Waals surface area contributed by atoms with Crippen LogP contribution in [0.15, 0.2) is 61.2 Å². The zero-order valence-corrected chi connectivity index (χ0v) is 15.6. The van der Waals surface area contributed by atoms with Gasteiger partial charge in [0.05, 0.1) is 11.3 Å². The third-order valence-electron chi connectivity index (χ3n) is 5.19. The van der Waals surface area contributed by atoms with E-state index in [1.165, 1.54) is 29.5 Å². The van der Waals surface area contributed by atoms with Gasteiger partial charge >= 0.3 is 6.18 Å². The average molecular weight is 414 g/mol. The number of carbonyl (C=O) groups is 2. The number of amides is 1. The number of Topliss-reactive ketones (excluding diaryl/α,β-unsaturated/α-hetero) is 1. The van der Waals surface area contributed by atoms with Gasteiger partial charge in [0.25, 0.3) is 0 Å². The number of ketones is 1. The zero-order chi connectivity index (χ0) is 21.3. The molecule has 1 N–H and O–H groups in total. The Balaban J connectivity index is 1.62. The van der Waals surface area contributed by atoms with E-state index in [2.05, 4.69) is 15.4 Å². The van der Waals surface area contributed by atoms with Crippen LogP contribution in [0.2, 0.25) is 0 Å². The summed E-state index contributed by atoms with van der Waals surface area (Å²) >= 11 is 0. The Morgan fingerprint density at radius 2 is 1.97 bits per heavy atom. The van der Waals surface area contributed by atoms with Crippen LogP contribution in [-0.2, 0) is 22.2 Å². The topological polar surface area (TPSA) is 76.9 Å².